The van der Waals surface area contributed by atoms with Crippen molar-refractivity contribution in [2.24, 2.45) is 0 Å². The summed E-state index contributed by atoms with van der Waals surface area (Å²) >= 11 is 1.69. The number of hydrogen-bond acceptors (Lipinski definition) is 4. The first kappa shape index (κ1) is 15.4. The summed E-state index contributed by atoms with van der Waals surface area (Å²) in [6.07, 6.45) is 6.15. The normalized spacial score (nSPS) is 13.9. The topological polar surface area (TPSA) is 44.1 Å². The first-order valence-corrected chi connectivity index (χ1v) is 9.12. The Kier molecular flexibility index (Phi) is 3.88. The number of fused-ring (bicyclic) bond motifs is 3. The minimum atomic E-state index is 0.0722. The number of nitrogens with zero attached hydrogens (tertiary/aromatic N) is 2. The molecule has 0 N–H and O–H groups in total. The fourth-order valence-corrected chi connectivity index (χ4v) is 4.73. The molecule has 0 saturated carbocycles. The van der Waals surface area contributed by atoms with E-state index < -0.39 is 0 Å². The van der Waals surface area contributed by atoms with Crippen molar-refractivity contribution >= 4 is 21.6 Å². The number of methoxy groups -OCH3 is 1. The Morgan fingerprint density at radius 1 is 1.29 bits per heavy atom. The first-order chi connectivity index (χ1) is 11.7. The van der Waals surface area contributed by atoms with Crippen LogP contribution in [0.2, 0.25) is 0 Å². The van der Waals surface area contributed by atoms with E-state index in [4.69, 9.17) is 4.74 Å². The summed E-state index contributed by atoms with van der Waals surface area (Å²) in [6.45, 7) is 2.53. The molecule has 0 radical (unpaired) electrons. The van der Waals surface area contributed by atoms with Gasteiger partial charge in [0.2, 0.25) is 0 Å². The van der Waals surface area contributed by atoms with Crippen LogP contribution in [0.5, 0.6) is 5.75 Å². The molecular formula is C19H20N2O2S. The second kappa shape index (κ2) is 6.06. The van der Waals surface area contributed by atoms with Gasteiger partial charge in [0.1, 0.15) is 10.6 Å². The molecule has 1 aliphatic carbocycles. The van der Waals surface area contributed by atoms with Gasteiger partial charge in [0, 0.05) is 10.4 Å². The predicted molar refractivity (Wildman–Crippen MR) is 97.4 cm³/mol. The van der Waals surface area contributed by atoms with Gasteiger partial charge >= 0.3 is 0 Å². The highest BCUT2D eigenvalue weighted by molar-refractivity contribution is 7.18. The second-order valence-corrected chi connectivity index (χ2v) is 7.47. The van der Waals surface area contributed by atoms with E-state index in [1.807, 2.05) is 19.1 Å². The van der Waals surface area contributed by atoms with Crippen LogP contribution in [-0.4, -0.2) is 16.7 Å². The SMILES string of the molecule is COc1ccc(C)cc1Cn1cnc2sc3c(c2c1=O)CCCC3. The Balaban J connectivity index is 1.82. The van der Waals surface area contributed by atoms with E-state index in [1.54, 1.807) is 29.3 Å². The molecule has 2 aromatic heterocycles. The van der Waals surface area contributed by atoms with Gasteiger partial charge in [-0.05, 0) is 44.2 Å². The molecule has 4 rings (SSSR count). The third kappa shape index (κ3) is 2.53. The molecule has 0 amide bonds. The van der Waals surface area contributed by atoms with Crippen LogP contribution < -0.4 is 10.3 Å². The lowest BCUT2D eigenvalue weighted by molar-refractivity contribution is 0.408. The highest BCUT2D eigenvalue weighted by atomic mass is 32.1. The molecule has 0 spiro atoms. The molecule has 3 aromatic rings. The minimum absolute atomic E-state index is 0.0722. The Hall–Kier alpha value is -2.14. The number of aromatic nitrogens is 2. The van der Waals surface area contributed by atoms with E-state index in [9.17, 15) is 4.79 Å². The quantitative estimate of drug-likeness (QED) is 0.730. The highest BCUT2D eigenvalue weighted by Crippen LogP contribution is 2.33. The number of benzene rings is 1. The standard InChI is InChI=1S/C19H20N2O2S/c1-12-7-8-15(23-2)13(9-12)10-21-11-20-18-17(19(21)22)14-5-3-4-6-16(14)24-18/h7-9,11H,3-6,10H2,1-2H3. The largest absolute Gasteiger partial charge is 0.496 e. The van der Waals surface area contributed by atoms with Crippen LogP contribution in [0, 0.1) is 6.92 Å². The maximum atomic E-state index is 13.0. The van der Waals surface area contributed by atoms with Crippen LogP contribution in [-0.2, 0) is 19.4 Å². The summed E-state index contributed by atoms with van der Waals surface area (Å²) in [5.41, 5.74) is 3.47. The van der Waals surface area contributed by atoms with Gasteiger partial charge in [-0.1, -0.05) is 17.7 Å². The fourth-order valence-electron chi connectivity index (χ4n) is 3.51. The van der Waals surface area contributed by atoms with Crippen molar-refractivity contribution in [3.63, 3.8) is 0 Å². The lowest BCUT2D eigenvalue weighted by atomic mass is 9.97. The van der Waals surface area contributed by atoms with Gasteiger partial charge in [-0.2, -0.15) is 0 Å². The number of hydrogen-bond donors (Lipinski definition) is 0. The van der Waals surface area contributed by atoms with Crippen molar-refractivity contribution in [1.82, 2.24) is 9.55 Å². The van der Waals surface area contributed by atoms with Crippen molar-refractivity contribution in [1.29, 1.82) is 0 Å². The predicted octanol–water partition coefficient (Wildman–Crippen LogP) is 3.70. The molecule has 4 nitrogen and oxygen atoms in total. The van der Waals surface area contributed by atoms with Gasteiger partial charge in [0.25, 0.3) is 5.56 Å². The van der Waals surface area contributed by atoms with E-state index in [0.717, 1.165) is 39.9 Å². The van der Waals surface area contributed by atoms with Crippen molar-refractivity contribution < 1.29 is 4.74 Å². The van der Waals surface area contributed by atoms with Crippen LogP contribution in [0.15, 0.2) is 29.3 Å². The van der Waals surface area contributed by atoms with Crippen molar-refractivity contribution in [3.05, 3.63) is 56.4 Å². The lowest BCUT2D eigenvalue weighted by Crippen LogP contribution is -2.22. The third-order valence-corrected chi connectivity index (χ3v) is 5.92. The van der Waals surface area contributed by atoms with Gasteiger partial charge in [-0.15, -0.1) is 11.3 Å². The molecule has 1 aliphatic rings. The molecule has 124 valence electrons. The molecule has 2 heterocycles. The molecule has 24 heavy (non-hydrogen) atoms. The van der Waals surface area contributed by atoms with Gasteiger partial charge < -0.3 is 4.74 Å². The molecular weight excluding hydrogens is 320 g/mol. The number of ether oxygens (including phenoxy) is 1. The lowest BCUT2D eigenvalue weighted by Gasteiger charge is -2.12. The summed E-state index contributed by atoms with van der Waals surface area (Å²) < 4.78 is 7.15. The first-order valence-electron chi connectivity index (χ1n) is 8.30. The van der Waals surface area contributed by atoms with E-state index in [0.29, 0.717) is 6.54 Å². The second-order valence-electron chi connectivity index (χ2n) is 6.38. The monoisotopic (exact) mass is 340 g/mol. The van der Waals surface area contributed by atoms with Crippen molar-refractivity contribution in [2.45, 2.75) is 39.2 Å². The maximum Gasteiger partial charge on any atom is 0.262 e. The molecule has 0 unspecified atom stereocenters. The number of aryl methyl sites for hydroxylation is 3. The Morgan fingerprint density at radius 2 is 2.12 bits per heavy atom. The Bertz CT molecular complexity index is 971. The Labute approximate surface area is 144 Å². The summed E-state index contributed by atoms with van der Waals surface area (Å²) in [6, 6.07) is 6.04. The minimum Gasteiger partial charge on any atom is -0.496 e. The smallest absolute Gasteiger partial charge is 0.262 e. The van der Waals surface area contributed by atoms with Crippen LogP contribution in [0.1, 0.15) is 34.4 Å². The van der Waals surface area contributed by atoms with Gasteiger partial charge in [0.15, 0.2) is 0 Å². The number of thiophene rings is 1. The summed E-state index contributed by atoms with van der Waals surface area (Å²) in [5, 5.41) is 0.837. The average Bonchev–Trinajstić information content (AvgIpc) is 2.97. The molecule has 0 fully saturated rings. The number of rotatable bonds is 3. The highest BCUT2D eigenvalue weighted by Gasteiger charge is 2.20. The van der Waals surface area contributed by atoms with Crippen molar-refractivity contribution in [2.75, 3.05) is 7.11 Å². The third-order valence-electron chi connectivity index (χ3n) is 4.72. The molecule has 1 aromatic carbocycles. The molecule has 0 saturated heterocycles. The summed E-state index contributed by atoms with van der Waals surface area (Å²) in [5.74, 6) is 0.806. The zero-order chi connectivity index (χ0) is 16.7. The molecule has 0 aliphatic heterocycles. The van der Waals surface area contributed by atoms with Crippen LogP contribution in [0.25, 0.3) is 10.2 Å². The summed E-state index contributed by atoms with van der Waals surface area (Å²) in [7, 11) is 1.66. The van der Waals surface area contributed by atoms with Crippen LogP contribution in [0.3, 0.4) is 0 Å². The zero-order valence-electron chi connectivity index (χ0n) is 14.0. The van der Waals surface area contributed by atoms with Crippen LogP contribution in [0.4, 0.5) is 0 Å². The van der Waals surface area contributed by atoms with E-state index in [-0.39, 0.29) is 5.56 Å². The zero-order valence-corrected chi connectivity index (χ0v) is 14.8. The molecule has 5 heteroatoms. The van der Waals surface area contributed by atoms with Gasteiger partial charge in [-0.3, -0.25) is 9.36 Å². The van der Waals surface area contributed by atoms with Gasteiger partial charge in [0.05, 0.1) is 25.4 Å². The fraction of sp³-hybridized carbons (Fsp3) is 0.368. The van der Waals surface area contributed by atoms with E-state index in [2.05, 4.69) is 11.1 Å². The van der Waals surface area contributed by atoms with Gasteiger partial charge in [-0.25, -0.2) is 4.98 Å². The maximum absolute atomic E-state index is 13.0. The average molecular weight is 340 g/mol. The van der Waals surface area contributed by atoms with E-state index in [1.165, 1.54) is 23.3 Å². The molecule has 0 atom stereocenters. The van der Waals surface area contributed by atoms with Crippen LogP contribution >= 0.6 is 11.3 Å². The van der Waals surface area contributed by atoms with E-state index >= 15 is 0 Å². The Morgan fingerprint density at radius 3 is 2.96 bits per heavy atom. The molecule has 0 bridgehead atoms. The van der Waals surface area contributed by atoms with Crippen molar-refractivity contribution in [3.8, 4) is 5.75 Å². The summed E-state index contributed by atoms with van der Waals surface area (Å²) in [4.78, 5) is 19.8.